The maximum Gasteiger partial charge on any atom is 0.172 e. The van der Waals surface area contributed by atoms with Gasteiger partial charge in [-0.25, -0.2) is 0 Å². The molecule has 0 saturated carbocycles. The predicted octanol–water partition coefficient (Wildman–Crippen LogP) is 2.74. The molecular formula is C15H21NO2. The van der Waals surface area contributed by atoms with Crippen molar-refractivity contribution in [3.05, 3.63) is 29.3 Å². The molecule has 2 aliphatic rings. The molecule has 3 rings (SSSR count). The summed E-state index contributed by atoms with van der Waals surface area (Å²) in [5.74, 6) is -0.314. The van der Waals surface area contributed by atoms with Gasteiger partial charge in [0.05, 0.1) is 13.2 Å². The Morgan fingerprint density at radius 2 is 2.06 bits per heavy atom. The van der Waals surface area contributed by atoms with Crippen LogP contribution in [0.25, 0.3) is 0 Å². The quantitative estimate of drug-likeness (QED) is 0.891. The predicted molar refractivity (Wildman–Crippen MR) is 71.9 cm³/mol. The molecule has 0 aromatic heterocycles. The van der Waals surface area contributed by atoms with E-state index < -0.39 is 0 Å². The van der Waals surface area contributed by atoms with Gasteiger partial charge in [0.15, 0.2) is 5.79 Å². The van der Waals surface area contributed by atoms with Crippen molar-refractivity contribution in [2.45, 2.75) is 38.4 Å². The van der Waals surface area contributed by atoms with Crippen LogP contribution in [0.5, 0.6) is 0 Å². The molecule has 0 bridgehead atoms. The smallest absolute Gasteiger partial charge is 0.172 e. The van der Waals surface area contributed by atoms with Gasteiger partial charge in [-0.3, -0.25) is 0 Å². The van der Waals surface area contributed by atoms with Crippen molar-refractivity contribution in [3.8, 4) is 0 Å². The number of hydrogen-bond donors (Lipinski definition) is 1. The molecular weight excluding hydrogens is 226 g/mol. The first-order valence-electron chi connectivity index (χ1n) is 6.95. The minimum Gasteiger partial charge on any atom is -0.385 e. The Balaban J connectivity index is 1.76. The first-order chi connectivity index (χ1) is 8.81. The maximum atomic E-state index is 5.80. The lowest BCUT2D eigenvalue weighted by atomic mass is 9.87. The van der Waals surface area contributed by atoms with Crippen molar-refractivity contribution in [2.24, 2.45) is 0 Å². The maximum absolute atomic E-state index is 5.80. The Labute approximate surface area is 108 Å². The fraction of sp³-hybridized carbons (Fsp3) is 0.600. The molecule has 1 heterocycles. The number of fused-ring (bicyclic) bond motifs is 1. The number of hydrogen-bond acceptors (Lipinski definition) is 3. The van der Waals surface area contributed by atoms with Crippen LogP contribution >= 0.6 is 0 Å². The molecule has 3 nitrogen and oxygen atoms in total. The summed E-state index contributed by atoms with van der Waals surface area (Å²) in [4.78, 5) is 0. The monoisotopic (exact) mass is 247 g/mol. The second-order valence-electron chi connectivity index (χ2n) is 5.19. The van der Waals surface area contributed by atoms with E-state index in [0.717, 1.165) is 45.4 Å². The van der Waals surface area contributed by atoms with Gasteiger partial charge in [-0.1, -0.05) is 13.0 Å². The summed E-state index contributed by atoms with van der Waals surface area (Å²) in [5.41, 5.74) is 4.06. The molecule has 1 fully saturated rings. The van der Waals surface area contributed by atoms with Gasteiger partial charge in [-0.05, 0) is 36.1 Å². The van der Waals surface area contributed by atoms with Gasteiger partial charge < -0.3 is 14.8 Å². The van der Waals surface area contributed by atoms with Crippen LogP contribution in [0.15, 0.2) is 18.2 Å². The molecule has 0 radical (unpaired) electrons. The summed E-state index contributed by atoms with van der Waals surface area (Å²) in [6.45, 7) is 4.70. The zero-order valence-electron chi connectivity index (χ0n) is 11.0. The lowest BCUT2D eigenvalue weighted by Gasteiger charge is -2.33. The highest BCUT2D eigenvalue weighted by Crippen LogP contribution is 2.36. The molecule has 98 valence electrons. The third-order valence-corrected chi connectivity index (χ3v) is 3.83. The van der Waals surface area contributed by atoms with E-state index in [1.165, 1.54) is 16.8 Å². The average Bonchev–Trinajstić information content (AvgIpc) is 2.84. The Hall–Kier alpha value is -1.06. The van der Waals surface area contributed by atoms with Gasteiger partial charge in [0.25, 0.3) is 0 Å². The van der Waals surface area contributed by atoms with E-state index in [2.05, 4.69) is 30.4 Å². The van der Waals surface area contributed by atoms with Crippen LogP contribution in [0.3, 0.4) is 0 Å². The molecule has 0 unspecified atom stereocenters. The van der Waals surface area contributed by atoms with Gasteiger partial charge in [-0.2, -0.15) is 0 Å². The largest absolute Gasteiger partial charge is 0.385 e. The molecule has 3 heteroatoms. The highest BCUT2D eigenvalue weighted by Gasteiger charge is 2.39. The van der Waals surface area contributed by atoms with Gasteiger partial charge in [0, 0.05) is 25.1 Å². The minimum absolute atomic E-state index is 0.314. The SMILES string of the molecule is CCCNc1ccc2c(c1)CCC1(C2)OCCO1. The molecule has 18 heavy (non-hydrogen) atoms. The number of nitrogens with one attached hydrogen (secondary N) is 1. The second-order valence-corrected chi connectivity index (χ2v) is 5.19. The molecule has 1 aliphatic carbocycles. The summed E-state index contributed by atoms with van der Waals surface area (Å²) in [7, 11) is 0. The molecule has 1 aromatic carbocycles. The van der Waals surface area contributed by atoms with Crippen LogP contribution in [0.2, 0.25) is 0 Å². The van der Waals surface area contributed by atoms with Gasteiger partial charge in [0.1, 0.15) is 0 Å². The topological polar surface area (TPSA) is 30.5 Å². The third kappa shape index (κ3) is 2.25. The van der Waals surface area contributed by atoms with E-state index in [9.17, 15) is 0 Å². The number of aryl methyl sites for hydroxylation is 1. The number of ether oxygens (including phenoxy) is 2. The first-order valence-corrected chi connectivity index (χ1v) is 6.95. The van der Waals surface area contributed by atoms with E-state index in [1.54, 1.807) is 0 Å². The van der Waals surface area contributed by atoms with E-state index in [4.69, 9.17) is 9.47 Å². The summed E-state index contributed by atoms with van der Waals surface area (Å²) in [5, 5.41) is 3.44. The van der Waals surface area contributed by atoms with Crippen LogP contribution in [0, 0.1) is 0 Å². The summed E-state index contributed by atoms with van der Waals surface area (Å²) in [6, 6.07) is 6.68. The summed E-state index contributed by atoms with van der Waals surface area (Å²) < 4.78 is 11.6. The Kier molecular flexibility index (Phi) is 3.27. The van der Waals surface area contributed by atoms with Crippen molar-refractivity contribution >= 4 is 5.69 Å². The highest BCUT2D eigenvalue weighted by molar-refractivity contribution is 5.49. The first kappa shape index (κ1) is 12.0. The standard InChI is InChI=1S/C15H21NO2/c1-2-7-16-14-4-3-13-11-15(17-8-9-18-15)6-5-12(13)10-14/h3-4,10,16H,2,5-9,11H2,1H3. The molecule has 0 amide bonds. The molecule has 1 spiro atoms. The Bertz CT molecular complexity index is 425. The van der Waals surface area contributed by atoms with Gasteiger partial charge in [-0.15, -0.1) is 0 Å². The molecule has 1 saturated heterocycles. The zero-order valence-corrected chi connectivity index (χ0v) is 11.0. The number of benzene rings is 1. The van der Waals surface area contributed by atoms with Crippen molar-refractivity contribution in [1.82, 2.24) is 0 Å². The molecule has 1 N–H and O–H groups in total. The number of rotatable bonds is 3. The Morgan fingerprint density at radius 3 is 2.83 bits per heavy atom. The van der Waals surface area contributed by atoms with Crippen LogP contribution in [-0.2, 0) is 22.3 Å². The lowest BCUT2D eigenvalue weighted by Crippen LogP contribution is -2.36. The van der Waals surface area contributed by atoms with Gasteiger partial charge in [0.2, 0.25) is 0 Å². The minimum atomic E-state index is -0.314. The van der Waals surface area contributed by atoms with Crippen molar-refractivity contribution < 1.29 is 9.47 Å². The summed E-state index contributed by atoms with van der Waals surface area (Å²) >= 11 is 0. The molecule has 1 aliphatic heterocycles. The second kappa shape index (κ2) is 4.90. The van der Waals surface area contributed by atoms with Crippen molar-refractivity contribution in [1.29, 1.82) is 0 Å². The van der Waals surface area contributed by atoms with E-state index in [0.29, 0.717) is 0 Å². The van der Waals surface area contributed by atoms with Crippen LogP contribution < -0.4 is 5.32 Å². The van der Waals surface area contributed by atoms with E-state index >= 15 is 0 Å². The lowest BCUT2D eigenvalue weighted by molar-refractivity contribution is -0.163. The van der Waals surface area contributed by atoms with Crippen LogP contribution in [-0.4, -0.2) is 25.5 Å². The molecule has 0 atom stereocenters. The van der Waals surface area contributed by atoms with Gasteiger partial charge >= 0.3 is 0 Å². The van der Waals surface area contributed by atoms with Crippen LogP contribution in [0.4, 0.5) is 5.69 Å². The Morgan fingerprint density at radius 1 is 1.22 bits per heavy atom. The fourth-order valence-electron chi connectivity index (χ4n) is 2.86. The average molecular weight is 247 g/mol. The van der Waals surface area contributed by atoms with E-state index in [1.807, 2.05) is 0 Å². The molecule has 1 aromatic rings. The van der Waals surface area contributed by atoms with Crippen LogP contribution in [0.1, 0.15) is 30.9 Å². The zero-order chi connectivity index (χ0) is 12.4. The third-order valence-electron chi connectivity index (χ3n) is 3.83. The van der Waals surface area contributed by atoms with Crippen molar-refractivity contribution in [2.75, 3.05) is 25.1 Å². The van der Waals surface area contributed by atoms with E-state index in [-0.39, 0.29) is 5.79 Å². The number of anilines is 1. The normalized spacial score (nSPS) is 20.9. The van der Waals surface area contributed by atoms with Crippen molar-refractivity contribution in [3.63, 3.8) is 0 Å². The fourth-order valence-corrected chi connectivity index (χ4v) is 2.86. The highest BCUT2D eigenvalue weighted by atomic mass is 16.7. The summed E-state index contributed by atoms with van der Waals surface area (Å²) in [6.07, 6.45) is 4.09.